The van der Waals surface area contributed by atoms with Crippen LogP contribution in [0.25, 0.3) is 0 Å². The largest absolute Gasteiger partial charge is 0.465 e. The molecule has 0 aliphatic heterocycles. The summed E-state index contributed by atoms with van der Waals surface area (Å²) in [5, 5.41) is 0. The lowest BCUT2D eigenvalue weighted by atomic mass is 10.3. The number of halogens is 1. The van der Waals surface area contributed by atoms with Crippen LogP contribution in [0.4, 0.5) is 5.69 Å². The van der Waals surface area contributed by atoms with Crippen LogP contribution in [0.2, 0.25) is 0 Å². The van der Waals surface area contributed by atoms with Gasteiger partial charge in [0, 0.05) is 16.7 Å². The minimum Gasteiger partial charge on any atom is -0.465 e. The van der Waals surface area contributed by atoms with Gasteiger partial charge in [-0.2, -0.15) is 4.31 Å². The lowest BCUT2D eigenvalue weighted by Gasteiger charge is -2.21. The molecule has 0 saturated carbocycles. The second-order valence-electron chi connectivity index (χ2n) is 4.33. The molecule has 1 rings (SSSR count). The van der Waals surface area contributed by atoms with E-state index in [0.717, 1.165) is 4.31 Å². The van der Waals surface area contributed by atoms with E-state index in [-0.39, 0.29) is 24.6 Å². The van der Waals surface area contributed by atoms with E-state index in [1.54, 1.807) is 6.92 Å². The van der Waals surface area contributed by atoms with Crippen LogP contribution >= 0.6 is 15.9 Å². The molecule has 0 bridgehead atoms. The minimum atomic E-state index is -3.77. The fourth-order valence-corrected chi connectivity index (χ4v) is 3.74. The van der Waals surface area contributed by atoms with Gasteiger partial charge < -0.3 is 10.5 Å². The summed E-state index contributed by atoms with van der Waals surface area (Å²) >= 11 is 3.20. The zero-order valence-electron chi connectivity index (χ0n) is 12.0. The number of benzene rings is 1. The van der Waals surface area contributed by atoms with Gasteiger partial charge in [-0.3, -0.25) is 4.79 Å². The molecule has 0 aliphatic carbocycles. The topological polar surface area (TPSA) is 89.7 Å². The summed E-state index contributed by atoms with van der Waals surface area (Å²) in [4.78, 5) is 11.7. The molecule has 2 N–H and O–H groups in total. The number of hydrogen-bond donors (Lipinski definition) is 1. The van der Waals surface area contributed by atoms with Gasteiger partial charge >= 0.3 is 5.97 Å². The van der Waals surface area contributed by atoms with E-state index in [4.69, 9.17) is 10.5 Å². The van der Waals surface area contributed by atoms with Crippen LogP contribution in [-0.4, -0.2) is 38.4 Å². The van der Waals surface area contributed by atoms with Crippen LogP contribution in [0.3, 0.4) is 0 Å². The number of ether oxygens (including phenoxy) is 1. The molecular weight excluding hydrogens is 360 g/mol. The summed E-state index contributed by atoms with van der Waals surface area (Å²) in [6.45, 7) is 3.67. The fourth-order valence-electron chi connectivity index (χ4n) is 1.70. The minimum absolute atomic E-state index is 0.0846. The number of nitrogens with two attached hydrogens (primary N) is 1. The number of nitrogen functional groups attached to an aromatic ring is 1. The number of carbonyl (C=O) groups excluding carboxylic acids is 1. The highest BCUT2D eigenvalue weighted by atomic mass is 79.9. The summed E-state index contributed by atoms with van der Waals surface area (Å²) < 4.78 is 31.6. The van der Waals surface area contributed by atoms with Crippen molar-refractivity contribution in [1.82, 2.24) is 4.31 Å². The second-order valence-corrected chi connectivity index (χ2v) is 7.12. The van der Waals surface area contributed by atoms with Crippen molar-refractivity contribution >= 4 is 37.6 Å². The molecule has 1 aromatic carbocycles. The highest BCUT2D eigenvalue weighted by Gasteiger charge is 2.26. The molecule has 6 nitrogen and oxygen atoms in total. The van der Waals surface area contributed by atoms with Crippen molar-refractivity contribution < 1.29 is 17.9 Å². The Bertz CT molecular complexity index is 604. The van der Waals surface area contributed by atoms with E-state index in [2.05, 4.69) is 15.9 Å². The van der Waals surface area contributed by atoms with Crippen molar-refractivity contribution in [2.45, 2.75) is 25.2 Å². The third-order valence-corrected chi connectivity index (χ3v) is 5.22. The Balaban J connectivity index is 3.09. The average molecular weight is 379 g/mol. The third-order valence-electron chi connectivity index (χ3n) is 2.69. The summed E-state index contributed by atoms with van der Waals surface area (Å²) in [6, 6.07) is 4.35. The summed E-state index contributed by atoms with van der Waals surface area (Å²) in [6.07, 6.45) is 0.592. The van der Waals surface area contributed by atoms with Crippen LogP contribution in [0.5, 0.6) is 0 Å². The van der Waals surface area contributed by atoms with Crippen LogP contribution in [0.15, 0.2) is 27.6 Å². The van der Waals surface area contributed by atoms with Gasteiger partial charge in [-0.25, -0.2) is 8.42 Å². The molecule has 0 saturated heterocycles. The highest BCUT2D eigenvalue weighted by Crippen LogP contribution is 2.25. The predicted molar refractivity (Wildman–Crippen MR) is 84.2 cm³/mol. The maximum atomic E-state index is 12.6. The predicted octanol–water partition coefficient (Wildman–Crippen LogP) is 2.00. The maximum Gasteiger partial charge on any atom is 0.321 e. The summed E-state index contributed by atoms with van der Waals surface area (Å²) in [5.41, 5.74) is 6.10. The molecule has 0 aliphatic rings. The quantitative estimate of drug-likeness (QED) is 0.578. The molecule has 0 radical (unpaired) electrons. The van der Waals surface area contributed by atoms with Gasteiger partial charge in [0.15, 0.2) is 0 Å². The summed E-state index contributed by atoms with van der Waals surface area (Å²) in [7, 11) is -3.77. The number of esters is 1. The van der Waals surface area contributed by atoms with E-state index in [0.29, 0.717) is 16.6 Å². The van der Waals surface area contributed by atoms with Crippen LogP contribution in [-0.2, 0) is 19.6 Å². The van der Waals surface area contributed by atoms with E-state index in [1.165, 1.54) is 18.2 Å². The van der Waals surface area contributed by atoms with Crippen molar-refractivity contribution in [3.05, 3.63) is 22.7 Å². The SMILES string of the molecule is CCCN(CC(=O)OCC)S(=O)(=O)c1ccc(N)c(Br)c1. The number of carbonyl (C=O) groups is 1. The Morgan fingerprint density at radius 3 is 2.57 bits per heavy atom. The van der Waals surface area contributed by atoms with Crippen molar-refractivity contribution in [3.8, 4) is 0 Å². The van der Waals surface area contributed by atoms with Crippen LogP contribution < -0.4 is 5.73 Å². The first kappa shape index (κ1) is 17.9. The smallest absolute Gasteiger partial charge is 0.321 e. The Kier molecular flexibility index (Phi) is 6.63. The maximum absolute atomic E-state index is 12.6. The Morgan fingerprint density at radius 2 is 2.05 bits per heavy atom. The van der Waals surface area contributed by atoms with E-state index in [1.807, 2.05) is 6.92 Å². The van der Waals surface area contributed by atoms with Crippen molar-refractivity contribution in [2.24, 2.45) is 0 Å². The molecule has 0 aromatic heterocycles. The molecule has 0 fully saturated rings. The lowest BCUT2D eigenvalue weighted by Crippen LogP contribution is -2.37. The standard InChI is InChI=1S/C13H19BrN2O4S/c1-3-7-16(9-13(17)20-4-2)21(18,19)10-5-6-12(15)11(14)8-10/h5-6,8H,3-4,7,9,15H2,1-2H3. The lowest BCUT2D eigenvalue weighted by molar-refractivity contribution is -0.143. The first-order chi connectivity index (χ1) is 9.82. The molecule has 0 heterocycles. The first-order valence-corrected chi connectivity index (χ1v) is 8.77. The molecular formula is C13H19BrN2O4S. The zero-order chi connectivity index (χ0) is 16.0. The number of hydrogen-bond acceptors (Lipinski definition) is 5. The molecule has 0 unspecified atom stereocenters. The molecule has 0 amide bonds. The van der Waals surface area contributed by atoms with E-state index >= 15 is 0 Å². The molecule has 118 valence electrons. The molecule has 8 heteroatoms. The van der Waals surface area contributed by atoms with Crippen LogP contribution in [0, 0.1) is 0 Å². The monoisotopic (exact) mass is 378 g/mol. The molecule has 0 atom stereocenters. The van der Waals surface area contributed by atoms with Crippen molar-refractivity contribution in [3.63, 3.8) is 0 Å². The average Bonchev–Trinajstić information content (AvgIpc) is 2.41. The van der Waals surface area contributed by atoms with Crippen molar-refractivity contribution in [2.75, 3.05) is 25.4 Å². The van der Waals surface area contributed by atoms with Gasteiger partial charge in [0.25, 0.3) is 0 Å². The Labute approximate surface area is 133 Å². The first-order valence-electron chi connectivity index (χ1n) is 6.53. The van der Waals surface area contributed by atoms with Gasteiger partial charge in [-0.15, -0.1) is 0 Å². The fraction of sp³-hybridized carbons (Fsp3) is 0.462. The molecule has 1 aromatic rings. The molecule has 21 heavy (non-hydrogen) atoms. The van der Waals surface area contributed by atoms with Gasteiger partial charge in [0.1, 0.15) is 6.54 Å². The summed E-state index contributed by atoms with van der Waals surface area (Å²) in [5.74, 6) is -0.566. The van der Waals surface area contributed by atoms with E-state index in [9.17, 15) is 13.2 Å². The number of sulfonamides is 1. The third kappa shape index (κ3) is 4.69. The Morgan fingerprint density at radius 1 is 1.38 bits per heavy atom. The second kappa shape index (κ2) is 7.77. The van der Waals surface area contributed by atoms with E-state index < -0.39 is 16.0 Å². The van der Waals surface area contributed by atoms with Gasteiger partial charge in [-0.05, 0) is 47.5 Å². The van der Waals surface area contributed by atoms with Gasteiger partial charge in [0.2, 0.25) is 10.0 Å². The number of rotatable bonds is 7. The van der Waals surface area contributed by atoms with Gasteiger partial charge in [0.05, 0.1) is 11.5 Å². The zero-order valence-corrected chi connectivity index (χ0v) is 14.4. The highest BCUT2D eigenvalue weighted by molar-refractivity contribution is 9.10. The van der Waals surface area contributed by atoms with Gasteiger partial charge in [-0.1, -0.05) is 6.92 Å². The van der Waals surface area contributed by atoms with Crippen molar-refractivity contribution in [1.29, 1.82) is 0 Å². The van der Waals surface area contributed by atoms with Crippen LogP contribution in [0.1, 0.15) is 20.3 Å². The Hall–Kier alpha value is -1.12. The number of nitrogens with zero attached hydrogens (tertiary/aromatic N) is 1. The normalized spacial score (nSPS) is 11.6. The number of anilines is 1. The molecule has 0 spiro atoms.